The van der Waals surface area contributed by atoms with Gasteiger partial charge in [0.15, 0.2) is 11.5 Å². The number of carboxylic acid groups (broad SMARTS) is 1. The molecule has 1 aromatic carbocycles. The maximum absolute atomic E-state index is 12.6. The topological polar surface area (TPSA) is 96.3 Å². The number of unbranched alkanes of at least 4 members (excludes halogenated alkanes) is 2. The van der Waals surface area contributed by atoms with Crippen LogP contribution in [-0.2, 0) is 9.59 Å². The molecule has 1 aliphatic rings. The van der Waals surface area contributed by atoms with Gasteiger partial charge in [0.1, 0.15) is 4.32 Å². The Morgan fingerprint density at radius 3 is 2.41 bits per heavy atom. The minimum Gasteiger partial charge on any atom is -0.502 e. The van der Waals surface area contributed by atoms with Crippen LogP contribution < -0.4 is 9.47 Å². The molecule has 1 heterocycles. The van der Waals surface area contributed by atoms with Crippen molar-refractivity contribution in [3.05, 3.63) is 22.6 Å². The van der Waals surface area contributed by atoms with E-state index in [1.807, 2.05) is 0 Å². The molecule has 2 rings (SSSR count). The Labute approximate surface area is 166 Å². The molecule has 1 amide bonds. The fourth-order valence-corrected chi connectivity index (χ4v) is 3.87. The summed E-state index contributed by atoms with van der Waals surface area (Å²) in [6, 6.07) is 3.21. The third kappa shape index (κ3) is 5.36. The molecule has 0 aliphatic carbocycles. The highest BCUT2D eigenvalue weighted by Crippen LogP contribution is 2.39. The quantitative estimate of drug-likeness (QED) is 0.363. The van der Waals surface area contributed by atoms with Crippen molar-refractivity contribution in [1.29, 1.82) is 0 Å². The van der Waals surface area contributed by atoms with Gasteiger partial charge in [0.25, 0.3) is 5.91 Å². The highest BCUT2D eigenvalue weighted by atomic mass is 32.2. The largest absolute Gasteiger partial charge is 0.502 e. The lowest BCUT2D eigenvalue weighted by molar-refractivity contribution is -0.137. The van der Waals surface area contributed by atoms with Crippen LogP contribution >= 0.6 is 24.0 Å². The van der Waals surface area contributed by atoms with E-state index in [9.17, 15) is 14.7 Å². The summed E-state index contributed by atoms with van der Waals surface area (Å²) in [5.74, 6) is -0.618. The van der Waals surface area contributed by atoms with Crippen LogP contribution in [0.3, 0.4) is 0 Å². The molecule has 0 unspecified atom stereocenters. The molecule has 1 saturated heterocycles. The maximum atomic E-state index is 12.6. The van der Waals surface area contributed by atoms with Gasteiger partial charge in [-0.15, -0.1) is 0 Å². The second-order valence-electron chi connectivity index (χ2n) is 5.81. The van der Waals surface area contributed by atoms with Crippen LogP contribution in [0.15, 0.2) is 17.0 Å². The average molecular weight is 412 g/mol. The highest BCUT2D eigenvalue weighted by molar-refractivity contribution is 8.26. The molecule has 7 nitrogen and oxygen atoms in total. The van der Waals surface area contributed by atoms with Crippen molar-refractivity contribution in [2.75, 3.05) is 20.8 Å². The van der Waals surface area contributed by atoms with E-state index >= 15 is 0 Å². The van der Waals surface area contributed by atoms with Crippen molar-refractivity contribution >= 4 is 46.3 Å². The molecule has 0 atom stereocenters. The van der Waals surface area contributed by atoms with Crippen molar-refractivity contribution < 1.29 is 29.3 Å². The molecule has 2 N–H and O–H groups in total. The molecule has 27 heavy (non-hydrogen) atoms. The Morgan fingerprint density at radius 2 is 1.85 bits per heavy atom. The average Bonchev–Trinajstić information content (AvgIpc) is 2.89. The van der Waals surface area contributed by atoms with Crippen molar-refractivity contribution in [3.8, 4) is 17.2 Å². The number of methoxy groups -OCH3 is 2. The summed E-state index contributed by atoms with van der Waals surface area (Å²) in [5.41, 5.74) is 0.642. The number of rotatable bonds is 9. The van der Waals surface area contributed by atoms with Crippen LogP contribution in [0.2, 0.25) is 0 Å². The van der Waals surface area contributed by atoms with Crippen LogP contribution in [0.25, 0.3) is 6.08 Å². The number of carbonyl (C=O) groups excluding carboxylic acids is 1. The Hall–Kier alpha value is -2.26. The van der Waals surface area contributed by atoms with Gasteiger partial charge < -0.3 is 19.7 Å². The second kappa shape index (κ2) is 9.61. The third-order valence-electron chi connectivity index (χ3n) is 3.95. The van der Waals surface area contributed by atoms with Gasteiger partial charge in [-0.3, -0.25) is 14.5 Å². The van der Waals surface area contributed by atoms with Gasteiger partial charge in [-0.1, -0.05) is 30.4 Å². The molecule has 0 radical (unpaired) electrons. The summed E-state index contributed by atoms with van der Waals surface area (Å²) in [5, 5.41) is 18.6. The Morgan fingerprint density at radius 1 is 1.22 bits per heavy atom. The van der Waals surface area contributed by atoms with Gasteiger partial charge in [0, 0.05) is 13.0 Å². The number of hydrogen-bond acceptors (Lipinski definition) is 7. The van der Waals surface area contributed by atoms with Crippen LogP contribution in [0.1, 0.15) is 31.2 Å². The zero-order valence-electron chi connectivity index (χ0n) is 15.1. The molecule has 1 fully saturated rings. The number of thiocarbonyl (C=S) groups is 1. The lowest BCUT2D eigenvalue weighted by Crippen LogP contribution is -2.29. The number of phenolic OH excluding ortho intramolecular Hbond substituents is 1. The van der Waals surface area contributed by atoms with Crippen molar-refractivity contribution in [3.63, 3.8) is 0 Å². The van der Waals surface area contributed by atoms with E-state index in [0.29, 0.717) is 34.2 Å². The molecule has 0 spiro atoms. The molecule has 146 valence electrons. The smallest absolute Gasteiger partial charge is 0.303 e. The molecule has 9 heteroatoms. The molecule has 0 aromatic heterocycles. The molecular weight excluding hydrogens is 390 g/mol. The summed E-state index contributed by atoms with van der Waals surface area (Å²) in [6.07, 6.45) is 3.78. The van der Waals surface area contributed by atoms with Crippen molar-refractivity contribution in [2.24, 2.45) is 0 Å². The summed E-state index contributed by atoms with van der Waals surface area (Å²) in [4.78, 5) is 25.1. The maximum Gasteiger partial charge on any atom is 0.303 e. The first-order valence-corrected chi connectivity index (χ1v) is 9.52. The minimum atomic E-state index is -0.816. The molecule has 1 aromatic rings. The van der Waals surface area contributed by atoms with Crippen LogP contribution in [0, 0.1) is 0 Å². The number of amides is 1. The SMILES string of the molecule is COc1cc(/C=C2/SC(=S)N(CCCCCC(=O)O)C2=O)cc(OC)c1O. The summed E-state index contributed by atoms with van der Waals surface area (Å²) < 4.78 is 10.7. The number of hydrogen-bond donors (Lipinski definition) is 2. The molecular formula is C18H21NO6S2. The van der Waals surface area contributed by atoms with E-state index < -0.39 is 5.97 Å². The lowest BCUT2D eigenvalue weighted by Gasteiger charge is -2.13. The van der Waals surface area contributed by atoms with Gasteiger partial charge in [-0.05, 0) is 36.6 Å². The fourth-order valence-electron chi connectivity index (χ4n) is 2.56. The number of phenols is 1. The van der Waals surface area contributed by atoms with Gasteiger partial charge in [-0.2, -0.15) is 0 Å². The monoisotopic (exact) mass is 411 g/mol. The van der Waals surface area contributed by atoms with Crippen molar-refractivity contribution in [2.45, 2.75) is 25.7 Å². The van der Waals surface area contributed by atoms with E-state index in [4.69, 9.17) is 26.8 Å². The standard InChI is InChI=1S/C18H21NO6S2/c1-24-12-8-11(9-13(25-2)16(12)22)10-14-17(23)19(18(26)27-14)7-5-3-4-6-15(20)21/h8-10,22H,3-7H2,1-2H3,(H,20,21)/b14-10+. The van der Waals surface area contributed by atoms with E-state index in [1.165, 1.54) is 30.9 Å². The minimum absolute atomic E-state index is 0.106. The fraction of sp³-hybridized carbons (Fsp3) is 0.389. The number of benzene rings is 1. The van der Waals surface area contributed by atoms with E-state index in [-0.39, 0.29) is 29.6 Å². The number of thioether (sulfide) groups is 1. The Kier molecular flexibility index (Phi) is 7.49. The zero-order valence-corrected chi connectivity index (χ0v) is 16.7. The molecule has 1 aliphatic heterocycles. The Bertz CT molecular complexity index is 752. The van der Waals surface area contributed by atoms with Crippen LogP contribution in [0.5, 0.6) is 17.2 Å². The first-order chi connectivity index (χ1) is 12.9. The number of aromatic hydroxyl groups is 1. The number of nitrogens with zero attached hydrogens (tertiary/aromatic N) is 1. The number of carbonyl (C=O) groups is 2. The van der Waals surface area contributed by atoms with Gasteiger partial charge >= 0.3 is 5.97 Å². The van der Waals surface area contributed by atoms with Gasteiger partial charge in [0.2, 0.25) is 5.75 Å². The zero-order chi connectivity index (χ0) is 20.0. The second-order valence-corrected chi connectivity index (χ2v) is 7.49. The number of aliphatic carboxylic acids is 1. The first kappa shape index (κ1) is 21.0. The Balaban J connectivity index is 2.08. The lowest BCUT2D eigenvalue weighted by atomic mass is 10.1. The van der Waals surface area contributed by atoms with E-state index in [2.05, 4.69) is 0 Å². The normalized spacial score (nSPS) is 15.5. The highest BCUT2D eigenvalue weighted by Gasteiger charge is 2.31. The predicted molar refractivity (Wildman–Crippen MR) is 107 cm³/mol. The van der Waals surface area contributed by atoms with Crippen molar-refractivity contribution in [1.82, 2.24) is 4.90 Å². The number of carboxylic acids is 1. The predicted octanol–water partition coefficient (Wildman–Crippen LogP) is 3.26. The summed E-state index contributed by atoms with van der Waals surface area (Å²) in [6.45, 7) is 0.462. The van der Waals surface area contributed by atoms with E-state index in [0.717, 1.165) is 6.42 Å². The molecule has 0 saturated carbocycles. The number of ether oxygens (including phenoxy) is 2. The molecule has 0 bridgehead atoms. The van der Waals surface area contributed by atoms with Crippen LogP contribution in [0.4, 0.5) is 0 Å². The van der Waals surface area contributed by atoms with Crippen LogP contribution in [-0.4, -0.2) is 52.1 Å². The third-order valence-corrected chi connectivity index (χ3v) is 5.32. The first-order valence-electron chi connectivity index (χ1n) is 8.29. The van der Waals surface area contributed by atoms with E-state index in [1.54, 1.807) is 18.2 Å². The van der Waals surface area contributed by atoms with Gasteiger partial charge in [0.05, 0.1) is 19.1 Å². The summed E-state index contributed by atoms with van der Waals surface area (Å²) >= 11 is 6.50. The summed E-state index contributed by atoms with van der Waals surface area (Å²) in [7, 11) is 2.87. The van der Waals surface area contributed by atoms with Gasteiger partial charge in [-0.25, -0.2) is 0 Å².